The zero-order valence-corrected chi connectivity index (χ0v) is 18.4. The van der Waals surface area contributed by atoms with Crippen LogP contribution in [0.5, 0.6) is 0 Å². The van der Waals surface area contributed by atoms with Crippen molar-refractivity contribution < 1.29 is 18.1 Å². The maximum absolute atomic E-state index is 12.3. The highest BCUT2D eigenvalue weighted by Crippen LogP contribution is 2.24. The largest absolute Gasteiger partial charge is 0.296 e. The average molecular weight is 482 g/mol. The van der Waals surface area contributed by atoms with E-state index in [9.17, 15) is 23.3 Å². The van der Waals surface area contributed by atoms with Gasteiger partial charge < -0.3 is 0 Å². The van der Waals surface area contributed by atoms with Crippen molar-refractivity contribution >= 4 is 49.7 Å². The summed E-state index contributed by atoms with van der Waals surface area (Å²) in [5.41, 5.74) is 0.778. The summed E-state index contributed by atoms with van der Waals surface area (Å²) in [6, 6.07) is 9.99. The second-order valence-electron chi connectivity index (χ2n) is 6.34. The summed E-state index contributed by atoms with van der Waals surface area (Å²) in [7, 11) is -3.64. The Labute approximate surface area is 186 Å². The van der Waals surface area contributed by atoms with Gasteiger partial charge in [0, 0.05) is 25.1 Å². The lowest BCUT2D eigenvalue weighted by molar-refractivity contribution is -0.384. The Morgan fingerprint density at radius 1 is 1.19 bits per heavy atom. The van der Waals surface area contributed by atoms with E-state index in [0.717, 1.165) is 23.0 Å². The van der Waals surface area contributed by atoms with Gasteiger partial charge in [-0.3, -0.25) is 20.2 Å². The highest BCUT2D eigenvalue weighted by atomic mass is 35.5. The molecule has 0 radical (unpaired) electrons. The molecule has 0 bridgehead atoms. The van der Waals surface area contributed by atoms with Crippen LogP contribution >= 0.6 is 22.9 Å². The molecule has 0 saturated carbocycles. The first kappa shape index (κ1) is 22.7. The number of carbonyl (C=O) groups is 1. The maximum atomic E-state index is 12.3. The van der Waals surface area contributed by atoms with Crippen LogP contribution in [0.4, 0.5) is 10.8 Å². The molecule has 0 aliphatic heterocycles. The zero-order chi connectivity index (χ0) is 22.6. The minimum Gasteiger partial charge on any atom is -0.296 e. The van der Waals surface area contributed by atoms with Crippen LogP contribution in [-0.4, -0.2) is 36.0 Å². The summed E-state index contributed by atoms with van der Waals surface area (Å²) < 4.78 is 27.1. The van der Waals surface area contributed by atoms with Crippen LogP contribution in [0.15, 0.2) is 47.4 Å². The van der Waals surface area contributed by atoms with E-state index < -0.39 is 20.9 Å². The van der Waals surface area contributed by atoms with E-state index in [4.69, 9.17) is 11.6 Å². The van der Waals surface area contributed by atoms with Crippen molar-refractivity contribution in [2.24, 2.45) is 0 Å². The summed E-state index contributed by atoms with van der Waals surface area (Å²) in [5, 5.41) is 21.7. The Morgan fingerprint density at radius 2 is 1.90 bits per heavy atom. The Morgan fingerprint density at radius 3 is 2.55 bits per heavy atom. The fourth-order valence-electron chi connectivity index (χ4n) is 2.46. The minimum absolute atomic E-state index is 0.0508. The Balaban J connectivity index is 1.57. The van der Waals surface area contributed by atoms with Crippen LogP contribution < -0.4 is 10.0 Å². The van der Waals surface area contributed by atoms with Crippen molar-refractivity contribution in [1.82, 2.24) is 14.9 Å². The molecule has 0 aliphatic carbocycles. The number of nitrogens with zero attached hydrogens (tertiary/aromatic N) is 3. The van der Waals surface area contributed by atoms with Gasteiger partial charge in [0.1, 0.15) is 5.01 Å². The molecule has 0 fully saturated rings. The lowest BCUT2D eigenvalue weighted by Gasteiger charge is -2.05. The summed E-state index contributed by atoms with van der Waals surface area (Å²) in [6.45, 7) is 1.97. The molecule has 1 heterocycles. The molecule has 3 rings (SSSR count). The van der Waals surface area contributed by atoms with Crippen LogP contribution in [0.2, 0.25) is 5.02 Å². The second-order valence-corrected chi connectivity index (χ2v) is 9.57. The van der Waals surface area contributed by atoms with Crippen LogP contribution in [0.1, 0.15) is 20.9 Å². The summed E-state index contributed by atoms with van der Waals surface area (Å²) in [4.78, 5) is 22.6. The van der Waals surface area contributed by atoms with E-state index in [1.807, 2.05) is 6.92 Å². The number of hydrogen-bond acceptors (Lipinski definition) is 8. The summed E-state index contributed by atoms with van der Waals surface area (Å²) in [5.74, 6) is -0.595. The van der Waals surface area contributed by atoms with Gasteiger partial charge in [-0.2, -0.15) is 0 Å². The number of nitro groups is 1. The van der Waals surface area contributed by atoms with Crippen molar-refractivity contribution in [1.29, 1.82) is 0 Å². The van der Waals surface area contributed by atoms with Gasteiger partial charge in [0.2, 0.25) is 15.2 Å². The third-order valence-corrected chi connectivity index (χ3v) is 6.75. The molecule has 3 aromatic rings. The SMILES string of the molecule is Cc1ccc(S(=O)(=O)NCCc2nnc(NC(=O)c3ccc([N+](=O)[O-])cc3Cl)s2)cc1. The highest BCUT2D eigenvalue weighted by molar-refractivity contribution is 7.89. The third kappa shape index (κ3) is 5.82. The molecule has 2 aromatic carbocycles. The van der Waals surface area contributed by atoms with Gasteiger partial charge in [0.05, 0.1) is 20.4 Å². The van der Waals surface area contributed by atoms with Crippen LogP contribution in [0, 0.1) is 17.0 Å². The Hall–Kier alpha value is -2.93. The van der Waals surface area contributed by atoms with E-state index in [1.165, 1.54) is 24.3 Å². The number of non-ortho nitro benzene ring substituents is 1. The highest BCUT2D eigenvalue weighted by Gasteiger charge is 2.17. The minimum atomic E-state index is -3.64. The third-order valence-electron chi connectivity index (χ3n) is 4.06. The van der Waals surface area contributed by atoms with Gasteiger partial charge in [-0.25, -0.2) is 13.1 Å². The van der Waals surface area contributed by atoms with Crippen molar-refractivity contribution in [2.45, 2.75) is 18.2 Å². The molecular weight excluding hydrogens is 466 g/mol. The normalized spacial score (nSPS) is 11.3. The van der Waals surface area contributed by atoms with E-state index in [1.54, 1.807) is 12.1 Å². The standard InChI is InChI=1S/C18H16ClN5O5S2/c1-11-2-5-13(6-3-11)31(28,29)20-9-8-16-22-23-18(30-16)21-17(25)14-7-4-12(24(26)27)10-15(14)19/h2-7,10,20H,8-9H2,1H3,(H,21,23,25). The molecule has 162 valence electrons. The number of sulfonamides is 1. The first-order valence-corrected chi connectivity index (χ1v) is 11.5. The molecule has 0 atom stereocenters. The number of benzene rings is 2. The molecular formula is C18H16ClN5O5S2. The number of aryl methyl sites for hydroxylation is 1. The number of hydrogen-bond donors (Lipinski definition) is 2. The van der Waals surface area contributed by atoms with Crippen LogP contribution in [-0.2, 0) is 16.4 Å². The van der Waals surface area contributed by atoms with Crippen molar-refractivity contribution in [3.63, 3.8) is 0 Å². The van der Waals surface area contributed by atoms with E-state index in [2.05, 4.69) is 20.2 Å². The summed E-state index contributed by atoms with van der Waals surface area (Å²) in [6.07, 6.45) is 0.275. The van der Waals surface area contributed by atoms with E-state index in [-0.39, 0.29) is 39.3 Å². The van der Waals surface area contributed by atoms with Gasteiger partial charge in [-0.05, 0) is 25.1 Å². The molecule has 0 unspecified atom stereocenters. The monoisotopic (exact) mass is 481 g/mol. The van der Waals surface area contributed by atoms with Gasteiger partial charge in [-0.1, -0.05) is 40.6 Å². The number of nitro benzene ring substituents is 1. The Kier molecular flexibility index (Phi) is 6.95. The number of rotatable bonds is 8. The quantitative estimate of drug-likeness (QED) is 0.371. The molecule has 1 amide bonds. The lowest BCUT2D eigenvalue weighted by Crippen LogP contribution is -2.25. The van der Waals surface area contributed by atoms with Crippen molar-refractivity contribution in [2.75, 3.05) is 11.9 Å². The number of amides is 1. The van der Waals surface area contributed by atoms with Crippen LogP contribution in [0.25, 0.3) is 0 Å². The maximum Gasteiger partial charge on any atom is 0.270 e. The number of carbonyl (C=O) groups excluding carboxylic acids is 1. The lowest BCUT2D eigenvalue weighted by atomic mass is 10.2. The van der Waals surface area contributed by atoms with Gasteiger partial charge >= 0.3 is 0 Å². The molecule has 10 nitrogen and oxygen atoms in total. The fraction of sp³-hybridized carbons (Fsp3) is 0.167. The van der Waals surface area contributed by atoms with E-state index in [0.29, 0.717) is 5.01 Å². The topological polar surface area (TPSA) is 144 Å². The summed E-state index contributed by atoms with van der Waals surface area (Å²) >= 11 is 7.02. The molecule has 31 heavy (non-hydrogen) atoms. The number of halogens is 1. The zero-order valence-electron chi connectivity index (χ0n) is 16.0. The molecule has 0 aliphatic rings. The molecule has 13 heteroatoms. The smallest absolute Gasteiger partial charge is 0.270 e. The molecule has 2 N–H and O–H groups in total. The molecule has 0 spiro atoms. The number of anilines is 1. The predicted molar refractivity (Wildman–Crippen MR) is 116 cm³/mol. The number of aromatic nitrogens is 2. The first-order chi connectivity index (χ1) is 14.7. The first-order valence-electron chi connectivity index (χ1n) is 8.80. The number of nitrogens with one attached hydrogen (secondary N) is 2. The fourth-order valence-corrected chi connectivity index (χ4v) is 4.49. The van der Waals surface area contributed by atoms with Gasteiger partial charge in [0.25, 0.3) is 11.6 Å². The van der Waals surface area contributed by atoms with Gasteiger partial charge in [-0.15, -0.1) is 10.2 Å². The molecule has 0 saturated heterocycles. The predicted octanol–water partition coefficient (Wildman–Crippen LogP) is 3.18. The van der Waals surface area contributed by atoms with Crippen molar-refractivity contribution in [3.8, 4) is 0 Å². The van der Waals surface area contributed by atoms with Gasteiger partial charge in [0.15, 0.2) is 0 Å². The average Bonchev–Trinajstić information content (AvgIpc) is 3.15. The van der Waals surface area contributed by atoms with Crippen LogP contribution in [0.3, 0.4) is 0 Å². The van der Waals surface area contributed by atoms with Crippen molar-refractivity contribution in [3.05, 3.63) is 73.7 Å². The molecule has 1 aromatic heterocycles. The Bertz CT molecular complexity index is 1230. The second kappa shape index (κ2) is 9.47. The van der Waals surface area contributed by atoms with E-state index >= 15 is 0 Å².